The second-order valence-corrected chi connectivity index (χ2v) is 4.79. The van der Waals surface area contributed by atoms with Crippen LogP contribution in [0, 0.1) is 0 Å². The summed E-state index contributed by atoms with van der Waals surface area (Å²) in [5, 5.41) is 8.91. The first-order valence-electron chi connectivity index (χ1n) is 6.68. The van der Waals surface area contributed by atoms with E-state index in [1.54, 1.807) is 6.20 Å². The van der Waals surface area contributed by atoms with Crippen LogP contribution >= 0.6 is 0 Å². The number of hydrogen-bond donors (Lipinski definition) is 3. The van der Waals surface area contributed by atoms with Gasteiger partial charge in [0.1, 0.15) is 11.4 Å². The molecule has 0 radical (unpaired) electrons. The van der Waals surface area contributed by atoms with Gasteiger partial charge in [-0.15, -0.1) is 0 Å². The third-order valence-corrected chi connectivity index (χ3v) is 3.45. The molecule has 0 spiro atoms. The van der Waals surface area contributed by atoms with Crippen LogP contribution in [0.1, 0.15) is 23.2 Å². The molecule has 0 saturated carbocycles. The summed E-state index contributed by atoms with van der Waals surface area (Å²) in [5.41, 5.74) is 0.497. The molecule has 2 aliphatic rings. The zero-order chi connectivity index (χ0) is 13.1. The number of hydrogen-bond acceptors (Lipinski definition) is 6. The molecule has 7 nitrogen and oxygen atoms in total. The van der Waals surface area contributed by atoms with E-state index < -0.39 is 0 Å². The van der Waals surface area contributed by atoms with Crippen LogP contribution in [0.2, 0.25) is 0 Å². The molecule has 1 amide bonds. The first-order valence-corrected chi connectivity index (χ1v) is 6.68. The summed E-state index contributed by atoms with van der Waals surface area (Å²) >= 11 is 0. The minimum atomic E-state index is -0.127. The van der Waals surface area contributed by atoms with E-state index >= 15 is 0 Å². The Morgan fingerprint density at radius 2 is 2.16 bits per heavy atom. The lowest BCUT2D eigenvalue weighted by atomic mass is 10.2. The minimum absolute atomic E-state index is 0.127. The van der Waals surface area contributed by atoms with Crippen LogP contribution < -0.4 is 16.0 Å². The first kappa shape index (κ1) is 12.2. The molecule has 1 fully saturated rings. The number of aromatic nitrogens is 2. The minimum Gasteiger partial charge on any atom is -0.353 e. The van der Waals surface area contributed by atoms with E-state index in [1.165, 1.54) is 25.9 Å². The van der Waals surface area contributed by atoms with Gasteiger partial charge >= 0.3 is 0 Å². The monoisotopic (exact) mass is 262 g/mol. The van der Waals surface area contributed by atoms with Crippen molar-refractivity contribution in [2.24, 2.45) is 0 Å². The molecule has 19 heavy (non-hydrogen) atoms. The van der Waals surface area contributed by atoms with E-state index in [-0.39, 0.29) is 5.91 Å². The van der Waals surface area contributed by atoms with Crippen molar-refractivity contribution in [3.05, 3.63) is 11.8 Å². The Hall–Kier alpha value is -1.89. The van der Waals surface area contributed by atoms with Crippen LogP contribution in [0.4, 0.5) is 11.8 Å². The molecule has 1 saturated heterocycles. The van der Waals surface area contributed by atoms with Gasteiger partial charge < -0.3 is 20.9 Å². The molecular weight excluding hydrogens is 244 g/mol. The molecule has 0 aromatic carbocycles. The Morgan fingerprint density at radius 1 is 1.32 bits per heavy atom. The zero-order valence-corrected chi connectivity index (χ0v) is 10.8. The maximum atomic E-state index is 11.5. The fraction of sp³-hybridized carbons (Fsp3) is 0.583. The van der Waals surface area contributed by atoms with E-state index in [1.807, 2.05) is 0 Å². The van der Waals surface area contributed by atoms with E-state index in [9.17, 15) is 4.79 Å². The topological polar surface area (TPSA) is 82.2 Å². The van der Waals surface area contributed by atoms with Gasteiger partial charge in [-0.2, -0.15) is 4.98 Å². The number of likely N-dealkylation sites (tertiary alicyclic amines) is 1. The number of fused-ring (bicyclic) bond motifs is 1. The highest BCUT2D eigenvalue weighted by atomic mass is 16.1. The number of nitrogens with one attached hydrogen (secondary N) is 3. The molecule has 3 N–H and O–H groups in total. The molecule has 7 heteroatoms. The number of rotatable bonds is 4. The average molecular weight is 262 g/mol. The number of amides is 1. The molecule has 0 bridgehead atoms. The van der Waals surface area contributed by atoms with Crippen molar-refractivity contribution in [2.75, 3.05) is 43.5 Å². The molecule has 0 unspecified atom stereocenters. The predicted molar refractivity (Wildman–Crippen MR) is 72.2 cm³/mol. The predicted octanol–water partition coefficient (Wildman–Crippen LogP) is 0.0971. The van der Waals surface area contributed by atoms with Gasteiger partial charge in [-0.25, -0.2) is 4.98 Å². The van der Waals surface area contributed by atoms with Crippen LogP contribution in [0.3, 0.4) is 0 Å². The number of anilines is 2. The van der Waals surface area contributed by atoms with Crippen molar-refractivity contribution in [3.63, 3.8) is 0 Å². The highest BCUT2D eigenvalue weighted by molar-refractivity contribution is 6.00. The molecule has 1 aromatic heterocycles. The largest absolute Gasteiger partial charge is 0.353 e. The van der Waals surface area contributed by atoms with Crippen LogP contribution in [0.5, 0.6) is 0 Å². The summed E-state index contributed by atoms with van der Waals surface area (Å²) < 4.78 is 0. The Balaban J connectivity index is 1.57. The van der Waals surface area contributed by atoms with Crippen LogP contribution in [-0.2, 0) is 0 Å². The van der Waals surface area contributed by atoms with Crippen molar-refractivity contribution in [1.82, 2.24) is 20.2 Å². The normalized spacial score (nSPS) is 18.6. The van der Waals surface area contributed by atoms with Crippen molar-refractivity contribution in [2.45, 2.75) is 12.8 Å². The fourth-order valence-corrected chi connectivity index (χ4v) is 2.40. The van der Waals surface area contributed by atoms with Crippen LogP contribution in [-0.4, -0.2) is 53.6 Å². The molecule has 0 atom stereocenters. The Bertz CT molecular complexity index is 471. The van der Waals surface area contributed by atoms with Gasteiger partial charge in [0.15, 0.2) is 0 Å². The van der Waals surface area contributed by atoms with Crippen molar-refractivity contribution < 1.29 is 4.79 Å². The maximum Gasteiger partial charge on any atom is 0.257 e. The van der Waals surface area contributed by atoms with Crippen LogP contribution in [0.25, 0.3) is 0 Å². The lowest BCUT2D eigenvalue weighted by Gasteiger charge is -2.18. The third-order valence-electron chi connectivity index (χ3n) is 3.45. The van der Waals surface area contributed by atoms with Gasteiger partial charge in [0.2, 0.25) is 5.95 Å². The van der Waals surface area contributed by atoms with E-state index in [0.29, 0.717) is 24.0 Å². The van der Waals surface area contributed by atoms with Gasteiger partial charge in [-0.1, -0.05) is 0 Å². The van der Waals surface area contributed by atoms with Gasteiger partial charge in [0, 0.05) is 19.3 Å². The average Bonchev–Trinajstić information content (AvgIpc) is 2.92. The molecule has 3 rings (SSSR count). The van der Waals surface area contributed by atoms with Crippen molar-refractivity contribution in [1.29, 1.82) is 0 Å². The molecule has 102 valence electrons. The molecule has 3 heterocycles. The van der Waals surface area contributed by atoms with Gasteiger partial charge in [0.25, 0.3) is 5.91 Å². The summed E-state index contributed by atoms with van der Waals surface area (Å²) in [6.45, 7) is 4.62. The molecular formula is C12H18N6O. The fourth-order valence-electron chi connectivity index (χ4n) is 2.40. The van der Waals surface area contributed by atoms with E-state index in [2.05, 4.69) is 30.8 Å². The molecule has 2 aliphatic heterocycles. The maximum absolute atomic E-state index is 11.5. The molecule has 0 aliphatic carbocycles. The van der Waals surface area contributed by atoms with Crippen LogP contribution in [0.15, 0.2) is 6.20 Å². The number of carbonyl (C=O) groups is 1. The summed E-state index contributed by atoms with van der Waals surface area (Å²) in [6, 6.07) is 0. The summed E-state index contributed by atoms with van der Waals surface area (Å²) in [5.74, 6) is 1.04. The van der Waals surface area contributed by atoms with Crippen molar-refractivity contribution >= 4 is 17.7 Å². The lowest BCUT2D eigenvalue weighted by molar-refractivity contribution is 0.0952. The smallest absolute Gasteiger partial charge is 0.257 e. The third kappa shape index (κ3) is 2.76. The highest BCUT2D eigenvalue weighted by Crippen LogP contribution is 2.15. The van der Waals surface area contributed by atoms with Gasteiger partial charge in [-0.05, 0) is 25.9 Å². The zero-order valence-electron chi connectivity index (χ0n) is 10.8. The second kappa shape index (κ2) is 5.40. The SMILES string of the molecule is O=C1NCNc2nc(NCCN3CCCC3)ncc21. The van der Waals surface area contributed by atoms with Gasteiger partial charge in [0.05, 0.1) is 6.67 Å². The second-order valence-electron chi connectivity index (χ2n) is 4.79. The Morgan fingerprint density at radius 3 is 3.00 bits per heavy atom. The molecule has 1 aromatic rings. The quantitative estimate of drug-likeness (QED) is 0.714. The Kier molecular flexibility index (Phi) is 3.45. The van der Waals surface area contributed by atoms with Gasteiger partial charge in [-0.3, -0.25) is 4.79 Å². The summed E-state index contributed by atoms with van der Waals surface area (Å²) in [4.78, 5) is 22.4. The first-order chi connectivity index (χ1) is 9.33. The van der Waals surface area contributed by atoms with E-state index in [4.69, 9.17) is 0 Å². The van der Waals surface area contributed by atoms with E-state index in [0.717, 1.165) is 13.1 Å². The summed E-state index contributed by atoms with van der Waals surface area (Å²) in [7, 11) is 0. The number of carbonyl (C=O) groups excluding carboxylic acids is 1. The Labute approximate surface area is 111 Å². The lowest BCUT2D eigenvalue weighted by Crippen LogP contribution is -2.35. The highest BCUT2D eigenvalue weighted by Gasteiger charge is 2.18. The standard InChI is InChI=1S/C12H18N6O/c19-11-9-7-14-12(17-10(9)15-8-16-11)13-3-6-18-4-1-2-5-18/h7H,1-6,8H2,(H,16,19)(H2,13,14,15,17). The number of nitrogens with zero attached hydrogens (tertiary/aromatic N) is 3. The summed E-state index contributed by atoms with van der Waals surface area (Å²) in [6.07, 6.45) is 4.16. The van der Waals surface area contributed by atoms with Crippen molar-refractivity contribution in [3.8, 4) is 0 Å².